The van der Waals surface area contributed by atoms with Crippen LogP contribution in [-0.2, 0) is 16.0 Å². The first-order chi connectivity index (χ1) is 11.0. The molecule has 0 unspecified atom stereocenters. The molecular formula is C16H25N5O2. The Balaban J connectivity index is 1.82. The molecule has 0 spiro atoms. The predicted octanol–water partition coefficient (Wildman–Crippen LogP) is -0.116. The fourth-order valence-corrected chi connectivity index (χ4v) is 3.66. The van der Waals surface area contributed by atoms with E-state index in [0.717, 1.165) is 36.7 Å². The van der Waals surface area contributed by atoms with E-state index in [9.17, 15) is 9.59 Å². The highest BCUT2D eigenvalue weighted by Gasteiger charge is 2.41. The van der Waals surface area contributed by atoms with Gasteiger partial charge in [-0.25, -0.2) is 4.98 Å². The third-order valence-electron chi connectivity index (χ3n) is 4.83. The number of aromatic amines is 1. The van der Waals surface area contributed by atoms with Gasteiger partial charge in [0.2, 0.25) is 11.8 Å². The number of likely N-dealkylation sites (N-methyl/N-ethyl adjacent to an activating group) is 1. The number of imidazole rings is 1. The average Bonchev–Trinajstić information content (AvgIpc) is 3.09. The summed E-state index contributed by atoms with van der Waals surface area (Å²) in [6.07, 6.45) is 0.855. The second kappa shape index (κ2) is 6.31. The van der Waals surface area contributed by atoms with Gasteiger partial charge < -0.3 is 20.1 Å². The summed E-state index contributed by atoms with van der Waals surface area (Å²) in [5.41, 5.74) is 2.06. The quantitative estimate of drug-likeness (QED) is 0.814. The zero-order chi connectivity index (χ0) is 16.6. The van der Waals surface area contributed by atoms with Gasteiger partial charge in [-0.1, -0.05) is 6.92 Å². The molecule has 0 saturated carbocycles. The highest BCUT2D eigenvalue weighted by molar-refractivity contribution is 5.87. The van der Waals surface area contributed by atoms with E-state index in [0.29, 0.717) is 13.1 Å². The summed E-state index contributed by atoms with van der Waals surface area (Å²) >= 11 is 0. The van der Waals surface area contributed by atoms with Crippen molar-refractivity contribution in [2.45, 2.75) is 26.2 Å². The van der Waals surface area contributed by atoms with E-state index in [1.165, 1.54) is 0 Å². The monoisotopic (exact) mass is 319 g/mol. The summed E-state index contributed by atoms with van der Waals surface area (Å²) in [6.45, 7) is 6.94. The normalized spacial score (nSPS) is 25.7. The Hall–Kier alpha value is -1.89. The molecule has 2 fully saturated rings. The van der Waals surface area contributed by atoms with Gasteiger partial charge in [0.25, 0.3) is 0 Å². The zero-order valence-electron chi connectivity index (χ0n) is 14.1. The highest BCUT2D eigenvalue weighted by atomic mass is 16.2. The van der Waals surface area contributed by atoms with E-state index in [4.69, 9.17) is 4.98 Å². The SMILES string of the molecule is CCc1nc([C@H]2CN(C)C[C@@H]2C(=O)N2CCNC(=O)C2)c(C)[nH]1. The Morgan fingerprint density at radius 3 is 2.83 bits per heavy atom. The van der Waals surface area contributed by atoms with Crippen LogP contribution >= 0.6 is 0 Å². The summed E-state index contributed by atoms with van der Waals surface area (Å²) < 4.78 is 0. The molecule has 2 amide bonds. The van der Waals surface area contributed by atoms with Crippen molar-refractivity contribution < 1.29 is 9.59 Å². The average molecular weight is 319 g/mol. The Labute approximate surface area is 136 Å². The van der Waals surface area contributed by atoms with Crippen molar-refractivity contribution in [1.29, 1.82) is 0 Å². The maximum atomic E-state index is 12.9. The summed E-state index contributed by atoms with van der Waals surface area (Å²) in [5, 5.41) is 2.77. The minimum Gasteiger partial charge on any atom is -0.353 e. The molecule has 2 N–H and O–H groups in total. The van der Waals surface area contributed by atoms with E-state index < -0.39 is 0 Å². The van der Waals surface area contributed by atoms with Crippen molar-refractivity contribution in [1.82, 2.24) is 25.1 Å². The number of H-pyrrole nitrogens is 1. The number of nitrogens with zero attached hydrogens (tertiary/aromatic N) is 3. The second-order valence-electron chi connectivity index (χ2n) is 6.59. The molecule has 7 heteroatoms. The molecule has 23 heavy (non-hydrogen) atoms. The van der Waals surface area contributed by atoms with Crippen LogP contribution in [0, 0.1) is 12.8 Å². The van der Waals surface area contributed by atoms with E-state index in [2.05, 4.69) is 22.1 Å². The van der Waals surface area contributed by atoms with Crippen LogP contribution in [0.15, 0.2) is 0 Å². The van der Waals surface area contributed by atoms with Crippen LogP contribution in [0.25, 0.3) is 0 Å². The van der Waals surface area contributed by atoms with Crippen molar-refractivity contribution in [3.63, 3.8) is 0 Å². The fraction of sp³-hybridized carbons (Fsp3) is 0.688. The Morgan fingerprint density at radius 2 is 2.17 bits per heavy atom. The fourth-order valence-electron chi connectivity index (χ4n) is 3.66. The van der Waals surface area contributed by atoms with Crippen LogP contribution in [-0.4, -0.2) is 71.4 Å². The van der Waals surface area contributed by atoms with Gasteiger partial charge in [-0.05, 0) is 14.0 Å². The predicted molar refractivity (Wildman–Crippen MR) is 86.0 cm³/mol. The number of aryl methyl sites for hydroxylation is 2. The molecule has 0 aliphatic carbocycles. The molecule has 0 radical (unpaired) electrons. The third kappa shape index (κ3) is 3.10. The number of amides is 2. The molecule has 7 nitrogen and oxygen atoms in total. The van der Waals surface area contributed by atoms with Gasteiger partial charge in [0, 0.05) is 44.2 Å². The van der Waals surface area contributed by atoms with Crippen molar-refractivity contribution in [2.75, 3.05) is 39.8 Å². The zero-order valence-corrected chi connectivity index (χ0v) is 14.1. The lowest BCUT2D eigenvalue weighted by Gasteiger charge is -2.30. The van der Waals surface area contributed by atoms with E-state index in [1.54, 1.807) is 4.90 Å². The first-order valence-electron chi connectivity index (χ1n) is 8.29. The molecule has 0 aromatic carbocycles. The number of hydrogen-bond acceptors (Lipinski definition) is 4. The van der Waals surface area contributed by atoms with Gasteiger partial charge in [-0.2, -0.15) is 0 Å². The van der Waals surface area contributed by atoms with Crippen LogP contribution in [0.1, 0.15) is 30.1 Å². The number of rotatable bonds is 3. The van der Waals surface area contributed by atoms with Crippen molar-refractivity contribution >= 4 is 11.8 Å². The van der Waals surface area contributed by atoms with E-state index in [-0.39, 0.29) is 30.2 Å². The number of nitrogens with one attached hydrogen (secondary N) is 2. The summed E-state index contributed by atoms with van der Waals surface area (Å²) in [4.78, 5) is 36.4. The van der Waals surface area contributed by atoms with Gasteiger partial charge in [0.05, 0.1) is 18.2 Å². The van der Waals surface area contributed by atoms with Crippen LogP contribution in [0.2, 0.25) is 0 Å². The lowest BCUT2D eigenvalue weighted by Crippen LogP contribution is -2.52. The number of likely N-dealkylation sites (tertiary alicyclic amines) is 1. The van der Waals surface area contributed by atoms with Crippen molar-refractivity contribution in [3.05, 3.63) is 17.2 Å². The second-order valence-corrected chi connectivity index (χ2v) is 6.59. The molecule has 2 atom stereocenters. The van der Waals surface area contributed by atoms with Crippen LogP contribution in [0.4, 0.5) is 0 Å². The standard InChI is InChI=1S/C16H25N5O2/c1-4-13-18-10(2)15(19-13)11-7-20(3)8-12(11)16(23)21-6-5-17-14(22)9-21/h11-12H,4-9H2,1-3H3,(H,17,22)(H,18,19)/t11-,12-/m0/s1. The van der Waals surface area contributed by atoms with Gasteiger partial charge >= 0.3 is 0 Å². The number of carbonyl (C=O) groups is 2. The molecule has 3 rings (SSSR count). The van der Waals surface area contributed by atoms with Crippen molar-refractivity contribution in [2.24, 2.45) is 5.92 Å². The van der Waals surface area contributed by atoms with Crippen LogP contribution in [0.5, 0.6) is 0 Å². The summed E-state index contributed by atoms with van der Waals surface area (Å²) in [6, 6.07) is 0. The molecule has 2 saturated heterocycles. The van der Waals surface area contributed by atoms with Gasteiger partial charge in [0.15, 0.2) is 0 Å². The van der Waals surface area contributed by atoms with Crippen LogP contribution < -0.4 is 5.32 Å². The first kappa shape index (κ1) is 16.0. The first-order valence-corrected chi connectivity index (χ1v) is 8.29. The maximum absolute atomic E-state index is 12.9. The number of carbonyl (C=O) groups excluding carboxylic acids is 2. The number of aromatic nitrogens is 2. The smallest absolute Gasteiger partial charge is 0.239 e. The molecule has 0 bridgehead atoms. The number of piperazine rings is 1. The maximum Gasteiger partial charge on any atom is 0.239 e. The Kier molecular flexibility index (Phi) is 4.39. The summed E-state index contributed by atoms with van der Waals surface area (Å²) in [5.74, 6) is 0.939. The van der Waals surface area contributed by atoms with E-state index >= 15 is 0 Å². The van der Waals surface area contributed by atoms with Crippen LogP contribution in [0.3, 0.4) is 0 Å². The highest BCUT2D eigenvalue weighted by Crippen LogP contribution is 2.34. The van der Waals surface area contributed by atoms with Crippen molar-refractivity contribution in [3.8, 4) is 0 Å². The largest absolute Gasteiger partial charge is 0.353 e. The Morgan fingerprint density at radius 1 is 1.39 bits per heavy atom. The topological polar surface area (TPSA) is 81.3 Å². The third-order valence-corrected chi connectivity index (χ3v) is 4.83. The lowest BCUT2D eigenvalue weighted by molar-refractivity contribution is -0.141. The molecular weight excluding hydrogens is 294 g/mol. The molecule has 3 heterocycles. The molecule has 126 valence electrons. The van der Waals surface area contributed by atoms with Gasteiger partial charge in [-0.15, -0.1) is 0 Å². The van der Waals surface area contributed by atoms with Gasteiger partial charge in [0.1, 0.15) is 5.82 Å². The van der Waals surface area contributed by atoms with E-state index in [1.807, 2.05) is 14.0 Å². The molecule has 2 aliphatic rings. The molecule has 2 aliphatic heterocycles. The Bertz CT molecular complexity index is 612. The van der Waals surface area contributed by atoms with Gasteiger partial charge in [-0.3, -0.25) is 9.59 Å². The number of hydrogen-bond donors (Lipinski definition) is 2. The summed E-state index contributed by atoms with van der Waals surface area (Å²) in [7, 11) is 2.03. The molecule has 1 aromatic rings. The lowest BCUT2D eigenvalue weighted by atomic mass is 9.90. The molecule has 1 aromatic heterocycles. The minimum absolute atomic E-state index is 0.0725. The minimum atomic E-state index is -0.127.